The Hall–Kier alpha value is -1.95. The van der Waals surface area contributed by atoms with Crippen molar-refractivity contribution in [2.24, 2.45) is 23.7 Å². The fraction of sp³-hybridized carbons (Fsp3) is 0.562. The van der Waals surface area contributed by atoms with Crippen molar-refractivity contribution in [1.29, 1.82) is 0 Å². The number of carbonyl (C=O) groups is 3. The van der Waals surface area contributed by atoms with E-state index >= 15 is 0 Å². The number of alkyl halides is 3. The molecule has 1 aromatic heterocycles. The Labute approximate surface area is 165 Å². The van der Waals surface area contributed by atoms with Gasteiger partial charge in [0.05, 0.1) is 11.8 Å². The number of hydrogen-bond donors (Lipinski definition) is 1. The molecule has 2 bridgehead atoms. The number of anilines is 1. The maximum atomic E-state index is 12.9. The quantitative estimate of drug-likeness (QED) is 0.566. The third-order valence-electron chi connectivity index (χ3n) is 5.34. The van der Waals surface area contributed by atoms with E-state index in [9.17, 15) is 27.6 Å². The van der Waals surface area contributed by atoms with E-state index in [1.165, 1.54) is 11.8 Å². The zero-order chi connectivity index (χ0) is 20.2. The van der Waals surface area contributed by atoms with Gasteiger partial charge in [-0.3, -0.25) is 24.6 Å². The highest BCUT2D eigenvalue weighted by Gasteiger charge is 2.61. The summed E-state index contributed by atoms with van der Waals surface area (Å²) in [5.41, 5.74) is 0. The summed E-state index contributed by atoms with van der Waals surface area (Å²) < 4.78 is 38.0. The molecule has 1 saturated heterocycles. The molecule has 3 aliphatic rings. The van der Waals surface area contributed by atoms with Gasteiger partial charge in [-0.15, -0.1) is 10.2 Å². The Morgan fingerprint density at radius 2 is 1.89 bits per heavy atom. The van der Waals surface area contributed by atoms with Crippen molar-refractivity contribution >= 4 is 46.0 Å². The van der Waals surface area contributed by atoms with Crippen LogP contribution in [0.5, 0.6) is 0 Å². The SMILES string of the molecule is CSCC(C(=O)Nc1nnc(C(F)(F)F)s1)N1C(=O)C2C3C=CC(C3)C2C1=O. The van der Waals surface area contributed by atoms with Gasteiger partial charge in [0.2, 0.25) is 27.9 Å². The molecule has 150 valence electrons. The molecule has 0 radical (unpaired) electrons. The van der Waals surface area contributed by atoms with Crippen LogP contribution in [0, 0.1) is 23.7 Å². The Morgan fingerprint density at radius 3 is 2.39 bits per heavy atom. The minimum absolute atomic E-state index is 0.00643. The normalized spacial score (nSPS) is 29.5. The van der Waals surface area contributed by atoms with Crippen LogP contribution < -0.4 is 5.32 Å². The van der Waals surface area contributed by atoms with Crippen LogP contribution in [0.4, 0.5) is 18.3 Å². The molecule has 1 aliphatic heterocycles. The summed E-state index contributed by atoms with van der Waals surface area (Å²) in [5, 5.41) is 7.11. The topological polar surface area (TPSA) is 92.3 Å². The van der Waals surface area contributed by atoms with Gasteiger partial charge >= 0.3 is 6.18 Å². The molecule has 3 amide bonds. The number of nitrogens with one attached hydrogen (secondary N) is 1. The first-order chi connectivity index (χ1) is 13.2. The number of fused-ring (bicyclic) bond motifs is 5. The molecule has 1 saturated carbocycles. The van der Waals surface area contributed by atoms with Crippen molar-refractivity contribution in [2.75, 3.05) is 17.3 Å². The molecule has 28 heavy (non-hydrogen) atoms. The summed E-state index contributed by atoms with van der Waals surface area (Å²) in [5.74, 6) is -2.25. The van der Waals surface area contributed by atoms with Gasteiger partial charge in [-0.2, -0.15) is 24.9 Å². The molecule has 1 aromatic rings. The highest BCUT2D eigenvalue weighted by molar-refractivity contribution is 7.98. The van der Waals surface area contributed by atoms with Gasteiger partial charge in [-0.25, -0.2) is 0 Å². The maximum Gasteiger partial charge on any atom is 0.445 e. The van der Waals surface area contributed by atoms with Crippen LogP contribution in [0.2, 0.25) is 0 Å². The van der Waals surface area contributed by atoms with E-state index < -0.39 is 35.0 Å². The number of aromatic nitrogens is 2. The number of likely N-dealkylation sites (tertiary alicyclic amines) is 1. The second-order valence-electron chi connectivity index (χ2n) is 6.92. The molecule has 7 nitrogen and oxygen atoms in total. The number of halogens is 3. The molecular weight excluding hydrogens is 417 g/mol. The fourth-order valence-corrected chi connectivity index (χ4v) is 5.46. The summed E-state index contributed by atoms with van der Waals surface area (Å²) in [6.07, 6.45) is 1.72. The smallest absolute Gasteiger partial charge is 0.299 e. The van der Waals surface area contributed by atoms with E-state index in [1.54, 1.807) is 6.26 Å². The first kappa shape index (κ1) is 19.4. The van der Waals surface area contributed by atoms with Crippen LogP contribution >= 0.6 is 23.1 Å². The van der Waals surface area contributed by atoms with Crippen molar-refractivity contribution in [3.05, 3.63) is 17.2 Å². The Kier molecular flexibility index (Phi) is 4.73. The number of nitrogens with zero attached hydrogens (tertiary/aromatic N) is 3. The van der Waals surface area contributed by atoms with Gasteiger partial charge in [0.15, 0.2) is 0 Å². The fourth-order valence-electron chi connectivity index (χ4n) is 4.23. The third-order valence-corrected chi connectivity index (χ3v) is 6.87. The molecule has 2 fully saturated rings. The first-order valence-corrected chi connectivity index (χ1v) is 10.7. The molecule has 5 atom stereocenters. The van der Waals surface area contributed by atoms with Gasteiger partial charge in [-0.1, -0.05) is 23.5 Å². The lowest BCUT2D eigenvalue weighted by atomic mass is 9.85. The number of carbonyl (C=O) groups excluding carboxylic acids is 3. The van der Waals surface area contributed by atoms with E-state index in [2.05, 4.69) is 15.5 Å². The van der Waals surface area contributed by atoms with Gasteiger partial charge in [0, 0.05) is 5.75 Å². The number of hydrogen-bond acceptors (Lipinski definition) is 7. The van der Waals surface area contributed by atoms with Gasteiger partial charge < -0.3 is 0 Å². The molecule has 1 N–H and O–H groups in total. The lowest BCUT2D eigenvalue weighted by Gasteiger charge is -2.26. The predicted octanol–water partition coefficient (Wildman–Crippen LogP) is 2.03. The molecule has 0 spiro atoms. The third kappa shape index (κ3) is 3.02. The van der Waals surface area contributed by atoms with Crippen molar-refractivity contribution in [1.82, 2.24) is 15.1 Å². The lowest BCUT2D eigenvalue weighted by Crippen LogP contribution is -2.49. The molecule has 0 aromatic carbocycles. The Balaban J connectivity index is 1.54. The van der Waals surface area contributed by atoms with E-state index in [-0.39, 0.29) is 45.9 Å². The highest BCUT2D eigenvalue weighted by atomic mass is 32.2. The standard InChI is InChI=1S/C16H15F3N4O3S2/c1-27-5-8(11(24)20-15-22-21-14(28-15)16(17,18)19)23-12(25)9-6-2-3-7(4-6)10(9)13(23)26/h2-3,6-10H,4-5H2,1H3,(H,20,22,24). The van der Waals surface area contributed by atoms with Crippen molar-refractivity contribution in [2.45, 2.75) is 18.6 Å². The Morgan fingerprint density at radius 1 is 1.29 bits per heavy atom. The number of allylic oxidation sites excluding steroid dienone is 2. The zero-order valence-electron chi connectivity index (χ0n) is 14.5. The van der Waals surface area contributed by atoms with Crippen molar-refractivity contribution in [3.63, 3.8) is 0 Å². The summed E-state index contributed by atoms with van der Waals surface area (Å²) in [7, 11) is 0. The van der Waals surface area contributed by atoms with Crippen LogP contribution in [-0.2, 0) is 20.6 Å². The second-order valence-corrected chi connectivity index (χ2v) is 8.81. The lowest BCUT2D eigenvalue weighted by molar-refractivity contribution is -0.146. The predicted molar refractivity (Wildman–Crippen MR) is 95.3 cm³/mol. The van der Waals surface area contributed by atoms with Crippen molar-refractivity contribution < 1.29 is 27.6 Å². The highest BCUT2D eigenvalue weighted by Crippen LogP contribution is 2.53. The van der Waals surface area contributed by atoms with Crippen LogP contribution in [-0.4, -0.2) is 50.9 Å². The van der Waals surface area contributed by atoms with Gasteiger partial charge in [0.25, 0.3) is 0 Å². The number of thioether (sulfide) groups is 1. The molecule has 4 rings (SSSR count). The minimum Gasteiger partial charge on any atom is -0.299 e. The summed E-state index contributed by atoms with van der Waals surface area (Å²) in [6.45, 7) is 0. The van der Waals surface area contributed by atoms with E-state index in [1.807, 2.05) is 12.2 Å². The summed E-state index contributed by atoms with van der Waals surface area (Å²) >= 11 is 1.45. The van der Waals surface area contributed by atoms with Crippen LogP contribution in [0.15, 0.2) is 12.2 Å². The van der Waals surface area contributed by atoms with Gasteiger partial charge in [-0.05, 0) is 24.5 Å². The van der Waals surface area contributed by atoms with E-state index in [0.29, 0.717) is 0 Å². The van der Waals surface area contributed by atoms with Crippen molar-refractivity contribution in [3.8, 4) is 0 Å². The van der Waals surface area contributed by atoms with E-state index in [0.717, 1.165) is 11.3 Å². The number of amides is 3. The zero-order valence-corrected chi connectivity index (χ0v) is 16.1. The van der Waals surface area contributed by atoms with Crippen LogP contribution in [0.3, 0.4) is 0 Å². The first-order valence-electron chi connectivity index (χ1n) is 8.48. The molecule has 2 heterocycles. The molecule has 12 heteroatoms. The average molecular weight is 432 g/mol. The Bertz CT molecular complexity index is 842. The van der Waals surface area contributed by atoms with Gasteiger partial charge in [0.1, 0.15) is 6.04 Å². The van der Waals surface area contributed by atoms with Crippen LogP contribution in [0.25, 0.3) is 0 Å². The average Bonchev–Trinajstić information content (AvgIpc) is 3.37. The maximum absolute atomic E-state index is 12.9. The summed E-state index contributed by atoms with van der Waals surface area (Å²) in [4.78, 5) is 39.5. The summed E-state index contributed by atoms with van der Waals surface area (Å²) in [6, 6.07) is -1.11. The second kappa shape index (κ2) is 6.83. The largest absolute Gasteiger partial charge is 0.445 e. The molecule has 5 unspecified atom stereocenters. The number of imide groups is 1. The van der Waals surface area contributed by atoms with Crippen LogP contribution in [0.1, 0.15) is 11.4 Å². The minimum atomic E-state index is -4.66. The monoisotopic (exact) mass is 432 g/mol. The van der Waals surface area contributed by atoms with E-state index in [4.69, 9.17) is 0 Å². The molecule has 2 aliphatic carbocycles. The molecular formula is C16H15F3N4O3S2. The number of rotatable bonds is 5.